The lowest BCUT2D eigenvalue weighted by atomic mass is 10.0. The lowest BCUT2D eigenvalue weighted by molar-refractivity contribution is 0.0955. The van der Waals surface area contributed by atoms with Gasteiger partial charge in [-0.2, -0.15) is 0 Å². The maximum atomic E-state index is 3.37. The second kappa shape index (κ2) is 7.39. The minimum Gasteiger partial charge on any atom is -0.318 e. The van der Waals surface area contributed by atoms with Gasteiger partial charge in [0.05, 0.1) is 0 Å². The molecule has 3 heteroatoms. The maximum absolute atomic E-state index is 3.37. The molecule has 1 aromatic carbocycles. The van der Waals surface area contributed by atoms with E-state index in [0.717, 1.165) is 25.2 Å². The smallest absolute Gasteiger partial charge is 0.0233 e. The van der Waals surface area contributed by atoms with E-state index in [1.165, 1.54) is 50.9 Å². The van der Waals surface area contributed by atoms with Crippen LogP contribution in [0.2, 0.25) is 0 Å². The van der Waals surface area contributed by atoms with Crippen LogP contribution in [0.25, 0.3) is 0 Å². The summed E-state index contributed by atoms with van der Waals surface area (Å²) in [5, 5.41) is 3.37. The summed E-state index contributed by atoms with van der Waals surface area (Å²) in [5.74, 6) is 0. The predicted molar refractivity (Wildman–Crippen MR) is 88.4 cm³/mol. The monoisotopic (exact) mass is 287 g/mol. The van der Waals surface area contributed by atoms with E-state index in [1.54, 1.807) is 0 Å². The maximum Gasteiger partial charge on any atom is 0.0233 e. The van der Waals surface area contributed by atoms with Crippen LogP contribution in [0.3, 0.4) is 0 Å². The Kier molecular flexibility index (Phi) is 5.28. The molecule has 0 bridgehead atoms. The number of nitrogens with zero attached hydrogens (tertiary/aromatic N) is 2. The number of hydrogen-bond acceptors (Lipinski definition) is 3. The van der Waals surface area contributed by atoms with E-state index in [1.807, 2.05) is 0 Å². The average molecular weight is 287 g/mol. The summed E-state index contributed by atoms with van der Waals surface area (Å²) in [5.41, 5.74) is 1.45. The zero-order valence-corrected chi connectivity index (χ0v) is 13.3. The predicted octanol–water partition coefficient (Wildman–Crippen LogP) is 2.33. The van der Waals surface area contributed by atoms with Gasteiger partial charge < -0.3 is 5.32 Å². The second-order valence-electron chi connectivity index (χ2n) is 6.58. The SMILES string of the molecule is CNCC1CCCN1C1CCN(Cc2ccccc2)CC1. The van der Waals surface area contributed by atoms with Gasteiger partial charge in [0.1, 0.15) is 0 Å². The third-order valence-electron chi connectivity index (χ3n) is 5.14. The molecule has 2 aliphatic heterocycles. The van der Waals surface area contributed by atoms with Crippen LogP contribution in [0.15, 0.2) is 30.3 Å². The highest BCUT2D eigenvalue weighted by atomic mass is 15.2. The molecule has 0 radical (unpaired) electrons. The molecule has 1 N–H and O–H groups in total. The fourth-order valence-electron chi connectivity index (χ4n) is 4.04. The highest BCUT2D eigenvalue weighted by Gasteiger charge is 2.32. The van der Waals surface area contributed by atoms with E-state index in [2.05, 4.69) is 52.5 Å². The average Bonchev–Trinajstić information content (AvgIpc) is 2.98. The number of likely N-dealkylation sites (N-methyl/N-ethyl adjacent to an activating group) is 1. The standard InChI is InChI=1S/C18H29N3/c1-19-14-18-8-5-11-21(18)17-9-12-20(13-10-17)15-16-6-3-2-4-7-16/h2-4,6-7,17-19H,5,8-15H2,1H3. The molecule has 1 unspecified atom stereocenters. The Hall–Kier alpha value is -0.900. The molecule has 21 heavy (non-hydrogen) atoms. The molecule has 3 nitrogen and oxygen atoms in total. The van der Waals surface area contributed by atoms with Crippen LogP contribution >= 0.6 is 0 Å². The van der Waals surface area contributed by atoms with Crippen LogP contribution in [0.4, 0.5) is 0 Å². The molecule has 2 fully saturated rings. The minimum absolute atomic E-state index is 0.778. The fourth-order valence-corrected chi connectivity index (χ4v) is 4.04. The zero-order chi connectivity index (χ0) is 14.5. The van der Waals surface area contributed by atoms with Gasteiger partial charge >= 0.3 is 0 Å². The van der Waals surface area contributed by atoms with Gasteiger partial charge in [0.15, 0.2) is 0 Å². The van der Waals surface area contributed by atoms with Crippen LogP contribution < -0.4 is 5.32 Å². The third-order valence-corrected chi connectivity index (χ3v) is 5.14. The molecule has 0 aliphatic carbocycles. The van der Waals surface area contributed by atoms with Gasteiger partial charge in [0.25, 0.3) is 0 Å². The van der Waals surface area contributed by atoms with Crippen molar-refractivity contribution in [1.29, 1.82) is 0 Å². The lowest BCUT2D eigenvalue weighted by Gasteiger charge is -2.39. The molecule has 0 aromatic heterocycles. The molecule has 0 saturated carbocycles. The van der Waals surface area contributed by atoms with Gasteiger partial charge in [-0.1, -0.05) is 30.3 Å². The first kappa shape index (κ1) is 15.0. The Morgan fingerprint density at radius 1 is 1.05 bits per heavy atom. The Morgan fingerprint density at radius 3 is 2.52 bits per heavy atom. The van der Waals surface area contributed by atoms with Crippen molar-refractivity contribution in [2.75, 3.05) is 33.2 Å². The Morgan fingerprint density at radius 2 is 1.81 bits per heavy atom. The van der Waals surface area contributed by atoms with Gasteiger partial charge in [-0.3, -0.25) is 9.80 Å². The van der Waals surface area contributed by atoms with Crippen molar-refractivity contribution in [2.24, 2.45) is 0 Å². The van der Waals surface area contributed by atoms with Crippen LogP contribution in [0.1, 0.15) is 31.2 Å². The van der Waals surface area contributed by atoms with Gasteiger partial charge in [-0.15, -0.1) is 0 Å². The molecule has 0 amide bonds. The first-order chi connectivity index (χ1) is 10.4. The summed E-state index contributed by atoms with van der Waals surface area (Å²) in [4.78, 5) is 5.41. The van der Waals surface area contributed by atoms with Gasteiger partial charge in [-0.05, 0) is 57.9 Å². The topological polar surface area (TPSA) is 18.5 Å². The largest absolute Gasteiger partial charge is 0.318 e. The van der Waals surface area contributed by atoms with Crippen LogP contribution in [-0.4, -0.2) is 55.1 Å². The van der Waals surface area contributed by atoms with Crippen molar-refractivity contribution in [2.45, 2.75) is 44.3 Å². The normalized spacial score (nSPS) is 25.5. The number of piperidine rings is 1. The molecule has 1 aromatic rings. The molecular formula is C18H29N3. The van der Waals surface area contributed by atoms with E-state index >= 15 is 0 Å². The Labute approximate surface area is 129 Å². The van der Waals surface area contributed by atoms with Crippen molar-refractivity contribution in [3.05, 3.63) is 35.9 Å². The lowest BCUT2D eigenvalue weighted by Crippen LogP contribution is -2.48. The van der Waals surface area contributed by atoms with Crippen molar-refractivity contribution < 1.29 is 0 Å². The van der Waals surface area contributed by atoms with Gasteiger partial charge in [0.2, 0.25) is 0 Å². The van der Waals surface area contributed by atoms with E-state index in [-0.39, 0.29) is 0 Å². The van der Waals surface area contributed by atoms with Gasteiger partial charge in [-0.25, -0.2) is 0 Å². The first-order valence-corrected chi connectivity index (χ1v) is 8.53. The number of benzene rings is 1. The van der Waals surface area contributed by atoms with Crippen molar-refractivity contribution in [1.82, 2.24) is 15.1 Å². The third kappa shape index (κ3) is 3.85. The Bertz CT molecular complexity index is 412. The molecule has 2 saturated heterocycles. The minimum atomic E-state index is 0.778. The van der Waals surface area contributed by atoms with E-state index in [0.29, 0.717) is 0 Å². The molecular weight excluding hydrogens is 258 g/mol. The van der Waals surface area contributed by atoms with Gasteiger partial charge in [0, 0.05) is 25.2 Å². The van der Waals surface area contributed by atoms with E-state index in [4.69, 9.17) is 0 Å². The molecule has 0 spiro atoms. The van der Waals surface area contributed by atoms with Crippen molar-refractivity contribution in [3.63, 3.8) is 0 Å². The fraction of sp³-hybridized carbons (Fsp3) is 0.667. The molecule has 1 atom stereocenters. The summed E-state index contributed by atoms with van der Waals surface area (Å²) < 4.78 is 0. The molecule has 3 rings (SSSR count). The van der Waals surface area contributed by atoms with Crippen molar-refractivity contribution in [3.8, 4) is 0 Å². The number of rotatable bonds is 5. The summed E-state index contributed by atoms with van der Waals surface area (Å²) in [7, 11) is 2.08. The number of hydrogen-bond donors (Lipinski definition) is 1. The molecule has 2 heterocycles. The first-order valence-electron chi connectivity index (χ1n) is 8.53. The highest BCUT2D eigenvalue weighted by molar-refractivity contribution is 5.14. The quantitative estimate of drug-likeness (QED) is 0.897. The molecule has 2 aliphatic rings. The highest BCUT2D eigenvalue weighted by Crippen LogP contribution is 2.26. The van der Waals surface area contributed by atoms with Crippen LogP contribution in [-0.2, 0) is 6.54 Å². The summed E-state index contributed by atoms with van der Waals surface area (Å²) in [6.07, 6.45) is 5.45. The summed E-state index contributed by atoms with van der Waals surface area (Å²) in [6.45, 7) is 6.10. The van der Waals surface area contributed by atoms with Crippen LogP contribution in [0, 0.1) is 0 Å². The summed E-state index contributed by atoms with van der Waals surface area (Å²) in [6, 6.07) is 12.5. The molecule has 116 valence electrons. The summed E-state index contributed by atoms with van der Waals surface area (Å²) >= 11 is 0. The van der Waals surface area contributed by atoms with E-state index in [9.17, 15) is 0 Å². The van der Waals surface area contributed by atoms with Crippen LogP contribution in [0.5, 0.6) is 0 Å². The Balaban J connectivity index is 1.48. The van der Waals surface area contributed by atoms with E-state index < -0.39 is 0 Å². The van der Waals surface area contributed by atoms with Crippen molar-refractivity contribution >= 4 is 0 Å². The zero-order valence-electron chi connectivity index (χ0n) is 13.3. The number of nitrogens with one attached hydrogen (secondary N) is 1. The number of likely N-dealkylation sites (tertiary alicyclic amines) is 2. The second-order valence-corrected chi connectivity index (χ2v) is 6.58.